The van der Waals surface area contributed by atoms with Crippen molar-refractivity contribution >= 4 is 37.4 Å². The summed E-state index contributed by atoms with van der Waals surface area (Å²) in [6, 6.07) is 30.3. The normalized spacial score (nSPS) is 11.3. The number of hydrogen-bond acceptors (Lipinski definition) is 0. The van der Waals surface area contributed by atoms with Crippen molar-refractivity contribution in [3.63, 3.8) is 0 Å². The van der Waals surface area contributed by atoms with Gasteiger partial charge in [-0.25, -0.2) is 0 Å². The first-order valence-electron chi connectivity index (χ1n) is 6.98. The van der Waals surface area contributed by atoms with Gasteiger partial charge in [-0.15, -0.1) is 0 Å². The predicted molar refractivity (Wildman–Crippen MR) is 98.8 cm³/mol. The SMILES string of the molecule is Cc1ccc([P+](Br)(c2ccccc2)c2ccccc2)cc1. The van der Waals surface area contributed by atoms with Gasteiger partial charge in [0.2, 0.25) is 0 Å². The van der Waals surface area contributed by atoms with E-state index >= 15 is 0 Å². The second kappa shape index (κ2) is 6.13. The molecular weight excluding hydrogens is 339 g/mol. The molecule has 0 aliphatic carbocycles. The lowest BCUT2D eigenvalue weighted by Gasteiger charge is -2.20. The largest absolute Gasteiger partial charge is 0.181 e. The summed E-state index contributed by atoms with van der Waals surface area (Å²) in [5, 5.41) is 4.05. The van der Waals surface area contributed by atoms with Crippen LogP contribution in [0.2, 0.25) is 0 Å². The molecule has 0 heterocycles. The van der Waals surface area contributed by atoms with Crippen LogP contribution in [0.1, 0.15) is 5.56 Å². The molecule has 3 aromatic rings. The number of benzene rings is 3. The molecular formula is C19H17BrP+. The van der Waals surface area contributed by atoms with Crippen LogP contribution >= 0.6 is 21.5 Å². The van der Waals surface area contributed by atoms with E-state index in [0.717, 1.165) is 0 Å². The Labute approximate surface area is 134 Å². The molecule has 0 N–H and O–H groups in total. The van der Waals surface area contributed by atoms with E-state index in [2.05, 4.69) is 107 Å². The molecule has 0 fully saturated rings. The van der Waals surface area contributed by atoms with Gasteiger partial charge < -0.3 is 0 Å². The maximum absolute atomic E-state index is 4.15. The van der Waals surface area contributed by atoms with E-state index in [1.807, 2.05) is 0 Å². The number of rotatable bonds is 3. The third kappa shape index (κ3) is 2.81. The van der Waals surface area contributed by atoms with Gasteiger partial charge in [0, 0.05) is 0 Å². The first kappa shape index (κ1) is 14.5. The Balaban J connectivity index is 2.23. The quantitative estimate of drug-likeness (QED) is 0.602. The monoisotopic (exact) mass is 355 g/mol. The van der Waals surface area contributed by atoms with E-state index in [9.17, 15) is 0 Å². The zero-order valence-electron chi connectivity index (χ0n) is 11.9. The fourth-order valence-corrected chi connectivity index (χ4v) is 7.21. The first-order valence-corrected chi connectivity index (χ1v) is 10.8. The summed E-state index contributed by atoms with van der Waals surface area (Å²) in [4.78, 5) is 0. The van der Waals surface area contributed by atoms with Crippen LogP contribution in [0.15, 0.2) is 84.9 Å². The topological polar surface area (TPSA) is 0 Å². The standard InChI is InChI=1S/C19H17BrP/c1-16-12-14-19(15-13-16)21(20,17-8-4-2-5-9-17)18-10-6-3-7-11-18/h2-15H,1H3/q+1. The minimum atomic E-state index is -1.73. The second-order valence-corrected chi connectivity index (χ2v) is 11.0. The fourth-order valence-electron chi connectivity index (χ4n) is 2.46. The Kier molecular flexibility index (Phi) is 4.24. The highest BCUT2D eigenvalue weighted by Gasteiger charge is 2.43. The summed E-state index contributed by atoms with van der Waals surface area (Å²) in [5.41, 5.74) is 1.29. The zero-order valence-corrected chi connectivity index (χ0v) is 14.4. The van der Waals surface area contributed by atoms with E-state index in [0.29, 0.717) is 0 Å². The molecule has 2 heteroatoms. The lowest BCUT2D eigenvalue weighted by molar-refractivity contribution is 1.49. The van der Waals surface area contributed by atoms with Crippen molar-refractivity contribution in [1.29, 1.82) is 0 Å². The van der Waals surface area contributed by atoms with Crippen LogP contribution in [0.5, 0.6) is 0 Å². The molecule has 0 amide bonds. The average Bonchev–Trinajstić information content (AvgIpc) is 2.56. The van der Waals surface area contributed by atoms with Crippen LogP contribution in [0.4, 0.5) is 0 Å². The molecule has 3 rings (SSSR count). The minimum absolute atomic E-state index is 1.29. The van der Waals surface area contributed by atoms with Crippen LogP contribution in [0.25, 0.3) is 0 Å². The Morgan fingerprint density at radius 2 is 0.952 bits per heavy atom. The van der Waals surface area contributed by atoms with E-state index in [1.54, 1.807) is 0 Å². The molecule has 0 unspecified atom stereocenters. The molecule has 0 spiro atoms. The van der Waals surface area contributed by atoms with Crippen LogP contribution < -0.4 is 15.9 Å². The third-order valence-electron chi connectivity index (χ3n) is 3.61. The molecule has 0 nitrogen and oxygen atoms in total. The molecule has 0 radical (unpaired) electrons. The Morgan fingerprint density at radius 1 is 0.571 bits per heavy atom. The van der Waals surface area contributed by atoms with Crippen molar-refractivity contribution in [1.82, 2.24) is 0 Å². The van der Waals surface area contributed by atoms with E-state index in [-0.39, 0.29) is 0 Å². The molecule has 0 aliphatic rings. The van der Waals surface area contributed by atoms with Gasteiger partial charge in [-0.3, -0.25) is 0 Å². The van der Waals surface area contributed by atoms with Crippen LogP contribution in [0, 0.1) is 6.92 Å². The van der Waals surface area contributed by atoms with Gasteiger partial charge >= 0.3 is 0 Å². The molecule has 104 valence electrons. The van der Waals surface area contributed by atoms with Crippen molar-refractivity contribution in [2.24, 2.45) is 0 Å². The van der Waals surface area contributed by atoms with Crippen molar-refractivity contribution < 1.29 is 0 Å². The summed E-state index contributed by atoms with van der Waals surface area (Å²) in [6.45, 7) is 2.13. The first-order chi connectivity index (χ1) is 10.2. The van der Waals surface area contributed by atoms with Gasteiger partial charge in [0.1, 0.15) is 15.9 Å². The van der Waals surface area contributed by atoms with Gasteiger partial charge in [-0.2, -0.15) is 0 Å². The average molecular weight is 356 g/mol. The summed E-state index contributed by atoms with van der Waals surface area (Å²) in [6.07, 6.45) is 0. The third-order valence-corrected chi connectivity index (χ3v) is 10.3. The molecule has 3 aromatic carbocycles. The maximum atomic E-state index is 4.15. The molecule has 0 aliphatic heterocycles. The second-order valence-electron chi connectivity index (χ2n) is 5.10. The van der Waals surface area contributed by atoms with Gasteiger partial charge in [0.05, 0.1) is 0 Å². The summed E-state index contributed by atoms with van der Waals surface area (Å²) in [7, 11) is 0. The lowest BCUT2D eigenvalue weighted by atomic mass is 10.2. The summed E-state index contributed by atoms with van der Waals surface area (Å²) >= 11 is 4.15. The van der Waals surface area contributed by atoms with E-state index in [4.69, 9.17) is 0 Å². The Hall–Kier alpha value is -1.43. The lowest BCUT2D eigenvalue weighted by Crippen LogP contribution is -2.26. The van der Waals surface area contributed by atoms with E-state index < -0.39 is 5.96 Å². The number of halogens is 1. The molecule has 0 saturated carbocycles. The van der Waals surface area contributed by atoms with Crippen molar-refractivity contribution in [3.8, 4) is 0 Å². The highest BCUT2D eigenvalue weighted by molar-refractivity contribution is 9.44. The van der Waals surface area contributed by atoms with E-state index in [1.165, 1.54) is 21.5 Å². The van der Waals surface area contributed by atoms with Gasteiger partial charge in [-0.05, 0) is 43.3 Å². The van der Waals surface area contributed by atoms with Crippen molar-refractivity contribution in [3.05, 3.63) is 90.5 Å². The molecule has 0 saturated heterocycles. The number of hydrogen-bond donors (Lipinski definition) is 0. The number of aryl methyl sites for hydroxylation is 1. The zero-order chi connectivity index (χ0) is 14.7. The Morgan fingerprint density at radius 3 is 1.38 bits per heavy atom. The predicted octanol–water partition coefficient (Wildman–Crippen LogP) is 4.60. The molecule has 0 aromatic heterocycles. The van der Waals surface area contributed by atoms with Gasteiger partial charge in [-0.1, -0.05) is 54.1 Å². The minimum Gasteiger partial charge on any atom is -0.0620 e. The van der Waals surface area contributed by atoms with Crippen LogP contribution in [-0.2, 0) is 0 Å². The summed E-state index contributed by atoms with van der Waals surface area (Å²) < 4.78 is 0. The highest BCUT2D eigenvalue weighted by Crippen LogP contribution is 2.62. The van der Waals surface area contributed by atoms with Gasteiger partial charge in [0.15, 0.2) is 21.5 Å². The summed E-state index contributed by atoms with van der Waals surface area (Å²) in [5.74, 6) is -1.73. The van der Waals surface area contributed by atoms with Gasteiger partial charge in [0.25, 0.3) is 0 Å². The fraction of sp³-hybridized carbons (Fsp3) is 0.0526. The molecule has 21 heavy (non-hydrogen) atoms. The molecule has 0 atom stereocenters. The van der Waals surface area contributed by atoms with Crippen LogP contribution in [-0.4, -0.2) is 0 Å². The van der Waals surface area contributed by atoms with Crippen LogP contribution in [0.3, 0.4) is 0 Å². The van der Waals surface area contributed by atoms with Crippen molar-refractivity contribution in [2.45, 2.75) is 6.92 Å². The smallest absolute Gasteiger partial charge is 0.0620 e. The highest BCUT2D eigenvalue weighted by atomic mass is 79.9. The maximum Gasteiger partial charge on any atom is 0.181 e. The molecule has 0 bridgehead atoms. The van der Waals surface area contributed by atoms with Crippen molar-refractivity contribution in [2.75, 3.05) is 0 Å². The Bertz CT molecular complexity index is 666.